The highest BCUT2D eigenvalue weighted by Crippen LogP contribution is 2.43. The van der Waals surface area contributed by atoms with Crippen molar-refractivity contribution in [1.29, 1.82) is 0 Å². The fraction of sp³-hybridized carbons (Fsp3) is 0.476. The fourth-order valence-corrected chi connectivity index (χ4v) is 3.94. The van der Waals surface area contributed by atoms with Crippen molar-refractivity contribution >= 4 is 17.2 Å². The molecule has 2 N–H and O–H groups in total. The van der Waals surface area contributed by atoms with Gasteiger partial charge in [0.25, 0.3) is 0 Å². The highest BCUT2D eigenvalue weighted by molar-refractivity contribution is 5.63. The van der Waals surface area contributed by atoms with Gasteiger partial charge >= 0.3 is 0 Å². The van der Waals surface area contributed by atoms with E-state index in [4.69, 9.17) is 5.73 Å². The van der Waals surface area contributed by atoms with Crippen molar-refractivity contribution in [3.8, 4) is 0 Å². The monoisotopic (exact) mass is 321 g/mol. The van der Waals surface area contributed by atoms with E-state index in [0.717, 1.165) is 17.4 Å². The number of pyridine rings is 1. The SMILES string of the molecule is CN(c1ccc(C2CCCCC2)cc1)c1cc(C2CC2)c(N)cn1. The van der Waals surface area contributed by atoms with Gasteiger partial charge in [-0.2, -0.15) is 0 Å². The predicted molar refractivity (Wildman–Crippen MR) is 101 cm³/mol. The Hall–Kier alpha value is -2.03. The van der Waals surface area contributed by atoms with Crippen molar-refractivity contribution in [2.45, 2.75) is 56.8 Å². The standard InChI is InChI=1S/C21H27N3/c1-24(21-13-19(17-7-8-17)20(22)14-23-21)18-11-9-16(10-12-18)15-5-3-2-4-6-15/h9-15,17H,2-8,22H2,1H3. The van der Waals surface area contributed by atoms with E-state index < -0.39 is 0 Å². The number of nitrogens with zero attached hydrogens (tertiary/aromatic N) is 2. The number of anilines is 3. The summed E-state index contributed by atoms with van der Waals surface area (Å²) in [5.41, 5.74) is 10.9. The summed E-state index contributed by atoms with van der Waals surface area (Å²) >= 11 is 0. The van der Waals surface area contributed by atoms with Crippen LogP contribution < -0.4 is 10.6 Å². The molecule has 1 heterocycles. The van der Waals surface area contributed by atoms with Crippen LogP contribution in [-0.4, -0.2) is 12.0 Å². The van der Waals surface area contributed by atoms with E-state index in [1.165, 1.54) is 61.8 Å². The van der Waals surface area contributed by atoms with E-state index in [1.54, 1.807) is 0 Å². The lowest BCUT2D eigenvalue weighted by Crippen LogP contribution is -2.12. The quantitative estimate of drug-likeness (QED) is 0.824. The Bertz CT molecular complexity index is 698. The molecule has 0 aliphatic heterocycles. The summed E-state index contributed by atoms with van der Waals surface area (Å²) < 4.78 is 0. The first-order valence-corrected chi connectivity index (χ1v) is 9.31. The van der Waals surface area contributed by atoms with Crippen LogP contribution in [-0.2, 0) is 0 Å². The lowest BCUT2D eigenvalue weighted by molar-refractivity contribution is 0.443. The third kappa shape index (κ3) is 3.12. The van der Waals surface area contributed by atoms with Crippen LogP contribution >= 0.6 is 0 Å². The number of nitrogens with two attached hydrogens (primary N) is 1. The molecule has 24 heavy (non-hydrogen) atoms. The van der Waals surface area contributed by atoms with E-state index in [0.29, 0.717) is 5.92 Å². The second kappa shape index (κ2) is 6.46. The minimum Gasteiger partial charge on any atom is -0.397 e. The molecular formula is C21H27N3. The molecule has 2 aliphatic rings. The van der Waals surface area contributed by atoms with Gasteiger partial charge in [0, 0.05) is 12.7 Å². The Morgan fingerprint density at radius 2 is 1.67 bits per heavy atom. The molecule has 0 radical (unpaired) electrons. The number of nitrogen functional groups attached to an aromatic ring is 1. The Kier molecular flexibility index (Phi) is 4.17. The highest BCUT2D eigenvalue weighted by Gasteiger charge is 2.26. The van der Waals surface area contributed by atoms with Gasteiger partial charge in [0.15, 0.2) is 0 Å². The maximum atomic E-state index is 6.09. The largest absolute Gasteiger partial charge is 0.397 e. The average Bonchev–Trinajstić information content (AvgIpc) is 3.47. The minimum atomic E-state index is 0.647. The Morgan fingerprint density at radius 1 is 0.958 bits per heavy atom. The van der Waals surface area contributed by atoms with Crippen LogP contribution in [0.25, 0.3) is 0 Å². The molecule has 4 rings (SSSR count). The number of benzene rings is 1. The van der Waals surface area contributed by atoms with Crippen LogP contribution in [0.3, 0.4) is 0 Å². The van der Waals surface area contributed by atoms with Crippen LogP contribution in [0.15, 0.2) is 36.5 Å². The molecule has 3 heteroatoms. The van der Waals surface area contributed by atoms with E-state index >= 15 is 0 Å². The highest BCUT2D eigenvalue weighted by atomic mass is 15.2. The Morgan fingerprint density at radius 3 is 2.33 bits per heavy atom. The number of hydrogen-bond acceptors (Lipinski definition) is 3. The average molecular weight is 321 g/mol. The van der Waals surface area contributed by atoms with Crippen LogP contribution in [0, 0.1) is 0 Å². The van der Waals surface area contributed by atoms with E-state index in [2.05, 4.69) is 47.3 Å². The molecule has 126 valence electrons. The summed E-state index contributed by atoms with van der Waals surface area (Å²) in [6, 6.07) is 11.3. The van der Waals surface area contributed by atoms with E-state index in [9.17, 15) is 0 Å². The smallest absolute Gasteiger partial charge is 0.133 e. The molecule has 1 aromatic carbocycles. The second-order valence-corrected chi connectivity index (χ2v) is 7.43. The number of aromatic nitrogens is 1. The van der Waals surface area contributed by atoms with Crippen LogP contribution in [0.4, 0.5) is 17.2 Å². The first-order valence-electron chi connectivity index (χ1n) is 9.31. The van der Waals surface area contributed by atoms with Crippen LogP contribution in [0.5, 0.6) is 0 Å². The minimum absolute atomic E-state index is 0.647. The molecule has 1 aromatic heterocycles. The normalized spacial score (nSPS) is 18.5. The topological polar surface area (TPSA) is 42.1 Å². The third-order valence-corrected chi connectivity index (χ3v) is 5.67. The lowest BCUT2D eigenvalue weighted by Gasteiger charge is -2.24. The molecule has 2 aliphatic carbocycles. The van der Waals surface area contributed by atoms with Crippen molar-refractivity contribution in [1.82, 2.24) is 4.98 Å². The third-order valence-electron chi connectivity index (χ3n) is 5.67. The molecule has 2 fully saturated rings. The van der Waals surface area contributed by atoms with Gasteiger partial charge in [0.1, 0.15) is 5.82 Å². The molecule has 0 spiro atoms. The van der Waals surface area contributed by atoms with Crippen molar-refractivity contribution in [3.63, 3.8) is 0 Å². The van der Waals surface area contributed by atoms with E-state index in [-0.39, 0.29) is 0 Å². The zero-order valence-corrected chi connectivity index (χ0v) is 14.5. The van der Waals surface area contributed by atoms with Gasteiger partial charge in [-0.3, -0.25) is 0 Å². The molecule has 3 nitrogen and oxygen atoms in total. The van der Waals surface area contributed by atoms with Gasteiger partial charge in [-0.1, -0.05) is 31.4 Å². The molecule has 0 amide bonds. The summed E-state index contributed by atoms with van der Waals surface area (Å²) in [5.74, 6) is 2.39. The molecule has 0 saturated heterocycles. The van der Waals surface area contributed by atoms with Crippen molar-refractivity contribution in [3.05, 3.63) is 47.7 Å². The Balaban J connectivity index is 1.53. The fourth-order valence-electron chi connectivity index (χ4n) is 3.94. The molecule has 0 bridgehead atoms. The molecule has 0 unspecified atom stereocenters. The van der Waals surface area contributed by atoms with Gasteiger partial charge in [-0.15, -0.1) is 0 Å². The van der Waals surface area contributed by atoms with Gasteiger partial charge in [0.05, 0.1) is 11.9 Å². The van der Waals surface area contributed by atoms with Crippen molar-refractivity contribution in [2.24, 2.45) is 0 Å². The second-order valence-electron chi connectivity index (χ2n) is 7.43. The van der Waals surface area contributed by atoms with Gasteiger partial charge in [-0.25, -0.2) is 4.98 Å². The van der Waals surface area contributed by atoms with Gasteiger partial charge in [0.2, 0.25) is 0 Å². The summed E-state index contributed by atoms with van der Waals surface area (Å²) in [6.07, 6.45) is 11.2. The summed E-state index contributed by atoms with van der Waals surface area (Å²) in [5, 5.41) is 0. The van der Waals surface area contributed by atoms with Gasteiger partial charge in [-0.05, 0) is 66.8 Å². The Labute approximate surface area is 144 Å². The summed E-state index contributed by atoms with van der Waals surface area (Å²) in [7, 11) is 2.09. The van der Waals surface area contributed by atoms with Crippen molar-refractivity contribution < 1.29 is 0 Å². The first kappa shape index (κ1) is 15.5. The maximum Gasteiger partial charge on any atom is 0.133 e. The van der Waals surface area contributed by atoms with Crippen molar-refractivity contribution in [2.75, 3.05) is 17.7 Å². The van der Waals surface area contributed by atoms with Crippen LogP contribution in [0.2, 0.25) is 0 Å². The molecule has 2 saturated carbocycles. The molecule has 2 aromatic rings. The number of rotatable bonds is 4. The summed E-state index contributed by atoms with van der Waals surface area (Å²) in [6.45, 7) is 0. The predicted octanol–water partition coefficient (Wildman–Crippen LogP) is 5.36. The zero-order valence-electron chi connectivity index (χ0n) is 14.5. The van der Waals surface area contributed by atoms with Crippen LogP contribution in [0.1, 0.15) is 67.9 Å². The zero-order chi connectivity index (χ0) is 16.5. The maximum absolute atomic E-state index is 6.09. The molecule has 0 atom stereocenters. The summed E-state index contributed by atoms with van der Waals surface area (Å²) in [4.78, 5) is 6.70. The first-order chi connectivity index (χ1) is 11.7. The lowest BCUT2D eigenvalue weighted by atomic mass is 9.84. The van der Waals surface area contributed by atoms with Gasteiger partial charge < -0.3 is 10.6 Å². The molecular weight excluding hydrogens is 294 g/mol. The number of hydrogen-bond donors (Lipinski definition) is 1. The van der Waals surface area contributed by atoms with E-state index in [1.807, 2.05) is 6.20 Å².